The summed E-state index contributed by atoms with van der Waals surface area (Å²) in [6, 6.07) is 6.83. The fourth-order valence-electron chi connectivity index (χ4n) is 2.50. The molecule has 7 heteroatoms. The first-order chi connectivity index (χ1) is 11.9. The van der Waals surface area contributed by atoms with E-state index in [1.54, 1.807) is 24.3 Å². The molecule has 6 nitrogen and oxygen atoms in total. The Labute approximate surface area is 151 Å². The Kier molecular flexibility index (Phi) is 6.52. The third kappa shape index (κ3) is 5.56. The van der Waals surface area contributed by atoms with Gasteiger partial charge >= 0.3 is 5.97 Å². The van der Waals surface area contributed by atoms with E-state index in [9.17, 15) is 9.59 Å². The van der Waals surface area contributed by atoms with Crippen LogP contribution in [0.4, 0.5) is 5.69 Å². The van der Waals surface area contributed by atoms with Crippen LogP contribution in [0.15, 0.2) is 29.4 Å². The van der Waals surface area contributed by atoms with Crippen molar-refractivity contribution >= 4 is 29.3 Å². The van der Waals surface area contributed by atoms with Crippen LogP contribution in [-0.2, 0) is 22.4 Å². The highest BCUT2D eigenvalue weighted by Gasteiger charge is 2.11. The number of nitrogens with one attached hydrogen (secondary N) is 1. The number of aromatic nitrogens is 2. The normalized spacial score (nSPS) is 10.5. The van der Waals surface area contributed by atoms with Crippen LogP contribution in [-0.4, -0.2) is 33.2 Å². The maximum Gasteiger partial charge on any atom is 0.307 e. The van der Waals surface area contributed by atoms with Crippen LogP contribution in [0.5, 0.6) is 0 Å². The molecule has 2 aromatic rings. The molecule has 0 bridgehead atoms. The second kappa shape index (κ2) is 8.62. The van der Waals surface area contributed by atoms with Gasteiger partial charge in [-0.15, -0.1) is 0 Å². The third-order valence-corrected chi connectivity index (χ3v) is 4.33. The molecule has 0 atom stereocenters. The van der Waals surface area contributed by atoms with E-state index in [0.29, 0.717) is 24.1 Å². The van der Waals surface area contributed by atoms with E-state index in [0.717, 1.165) is 22.1 Å². The first kappa shape index (κ1) is 18.9. The molecule has 0 radical (unpaired) electrons. The van der Waals surface area contributed by atoms with Crippen LogP contribution in [0.25, 0.3) is 0 Å². The number of hydrogen-bond donors (Lipinski definition) is 2. The van der Waals surface area contributed by atoms with Gasteiger partial charge in [0.1, 0.15) is 0 Å². The second-order valence-electron chi connectivity index (χ2n) is 5.68. The molecule has 0 spiro atoms. The fourth-order valence-corrected chi connectivity index (χ4v) is 2.96. The zero-order valence-electron chi connectivity index (χ0n) is 14.5. The van der Waals surface area contributed by atoms with E-state index < -0.39 is 5.97 Å². The summed E-state index contributed by atoms with van der Waals surface area (Å²) < 4.78 is 0. The lowest BCUT2D eigenvalue weighted by atomic mass is 10.1. The highest BCUT2D eigenvalue weighted by atomic mass is 32.2. The summed E-state index contributed by atoms with van der Waals surface area (Å²) in [6.07, 6.45) is 2.82. The predicted molar refractivity (Wildman–Crippen MR) is 98.0 cm³/mol. The van der Waals surface area contributed by atoms with Gasteiger partial charge in [0.25, 0.3) is 0 Å². The van der Waals surface area contributed by atoms with Gasteiger partial charge in [0.15, 0.2) is 5.16 Å². The van der Waals surface area contributed by atoms with Crippen molar-refractivity contribution in [3.05, 3.63) is 46.8 Å². The van der Waals surface area contributed by atoms with Crippen molar-refractivity contribution < 1.29 is 14.7 Å². The van der Waals surface area contributed by atoms with Crippen LogP contribution in [0.2, 0.25) is 0 Å². The number of hydrogen-bond acceptors (Lipinski definition) is 5. The molecular formula is C18H21N3O3S. The number of aliphatic carboxylic acids is 1. The number of aryl methyl sites for hydroxylation is 2. The van der Waals surface area contributed by atoms with E-state index in [1.165, 1.54) is 11.8 Å². The molecule has 2 rings (SSSR count). The number of benzene rings is 1. The largest absolute Gasteiger partial charge is 0.481 e. The molecule has 1 aromatic carbocycles. The summed E-state index contributed by atoms with van der Waals surface area (Å²) in [6.45, 7) is 3.87. The van der Waals surface area contributed by atoms with Gasteiger partial charge in [-0.1, -0.05) is 23.9 Å². The van der Waals surface area contributed by atoms with Crippen LogP contribution >= 0.6 is 11.8 Å². The fraction of sp³-hybridized carbons (Fsp3) is 0.333. The molecule has 0 unspecified atom stereocenters. The van der Waals surface area contributed by atoms with E-state index in [2.05, 4.69) is 15.3 Å². The number of carbonyl (C=O) groups excluding carboxylic acids is 1. The number of amides is 1. The summed E-state index contributed by atoms with van der Waals surface area (Å²) in [7, 11) is 0. The number of rotatable bonds is 7. The highest BCUT2D eigenvalue weighted by molar-refractivity contribution is 7.98. The molecule has 0 fully saturated rings. The minimum Gasteiger partial charge on any atom is -0.481 e. The summed E-state index contributed by atoms with van der Waals surface area (Å²) in [5, 5.41) is 12.3. The van der Waals surface area contributed by atoms with Crippen LogP contribution in [0.3, 0.4) is 0 Å². The lowest BCUT2D eigenvalue weighted by Gasteiger charge is -2.10. The monoisotopic (exact) mass is 359 g/mol. The zero-order chi connectivity index (χ0) is 18.4. The van der Waals surface area contributed by atoms with Gasteiger partial charge < -0.3 is 10.4 Å². The highest BCUT2D eigenvalue weighted by Crippen LogP contribution is 2.17. The third-order valence-electron chi connectivity index (χ3n) is 3.78. The second-order valence-corrected chi connectivity index (χ2v) is 6.45. The van der Waals surface area contributed by atoms with Crippen molar-refractivity contribution in [1.29, 1.82) is 0 Å². The summed E-state index contributed by atoms with van der Waals surface area (Å²) in [4.78, 5) is 31.6. The first-order valence-corrected chi connectivity index (χ1v) is 9.10. The van der Waals surface area contributed by atoms with Crippen LogP contribution in [0.1, 0.15) is 28.9 Å². The Morgan fingerprint density at radius 3 is 2.24 bits per heavy atom. The molecule has 2 N–H and O–H groups in total. The molecule has 25 heavy (non-hydrogen) atoms. The lowest BCUT2D eigenvalue weighted by molar-refractivity contribution is -0.136. The molecule has 0 aliphatic carbocycles. The number of thioether (sulfide) groups is 1. The number of carboxylic acid groups (broad SMARTS) is 1. The standard InChI is InChI=1S/C18H21N3O3S/c1-11-15(12(2)20-18(19-11)25-3)8-9-16(22)21-14-6-4-13(5-7-14)10-17(23)24/h4-7H,8-10H2,1-3H3,(H,21,22)(H,23,24). The van der Waals surface area contributed by atoms with Gasteiger partial charge in [-0.2, -0.15) is 0 Å². The van der Waals surface area contributed by atoms with Gasteiger partial charge in [0.2, 0.25) is 5.91 Å². The average Bonchev–Trinajstić information content (AvgIpc) is 2.55. The quantitative estimate of drug-likeness (QED) is 0.583. The Bertz CT molecular complexity index is 753. The maximum absolute atomic E-state index is 12.1. The van der Waals surface area contributed by atoms with Crippen molar-refractivity contribution in [2.45, 2.75) is 38.3 Å². The van der Waals surface area contributed by atoms with E-state index in [-0.39, 0.29) is 12.3 Å². The van der Waals surface area contributed by atoms with Crippen molar-refractivity contribution in [3.8, 4) is 0 Å². The Balaban J connectivity index is 1.94. The van der Waals surface area contributed by atoms with E-state index in [1.807, 2.05) is 20.1 Å². The predicted octanol–water partition coefficient (Wildman–Crippen LogP) is 3.01. The Morgan fingerprint density at radius 1 is 1.12 bits per heavy atom. The molecule has 0 saturated carbocycles. The molecule has 0 aliphatic heterocycles. The summed E-state index contributed by atoms with van der Waals surface area (Å²) >= 11 is 1.50. The molecule has 0 saturated heterocycles. The van der Waals surface area contributed by atoms with Crippen LogP contribution in [0, 0.1) is 13.8 Å². The van der Waals surface area contributed by atoms with Crippen molar-refractivity contribution in [2.75, 3.05) is 11.6 Å². The lowest BCUT2D eigenvalue weighted by Crippen LogP contribution is -2.14. The number of anilines is 1. The molecular weight excluding hydrogens is 338 g/mol. The van der Waals surface area contributed by atoms with Gasteiger partial charge in [-0.05, 0) is 49.8 Å². The summed E-state index contributed by atoms with van der Waals surface area (Å²) in [5.74, 6) is -0.976. The maximum atomic E-state index is 12.1. The van der Waals surface area contributed by atoms with Crippen molar-refractivity contribution in [1.82, 2.24) is 9.97 Å². The zero-order valence-corrected chi connectivity index (χ0v) is 15.3. The SMILES string of the molecule is CSc1nc(C)c(CCC(=O)Nc2ccc(CC(=O)O)cc2)c(C)n1. The summed E-state index contributed by atoms with van der Waals surface area (Å²) in [5.41, 5.74) is 4.17. The smallest absolute Gasteiger partial charge is 0.307 e. The first-order valence-electron chi connectivity index (χ1n) is 7.87. The van der Waals surface area contributed by atoms with Gasteiger partial charge in [0.05, 0.1) is 6.42 Å². The van der Waals surface area contributed by atoms with E-state index >= 15 is 0 Å². The van der Waals surface area contributed by atoms with Gasteiger partial charge in [-0.25, -0.2) is 9.97 Å². The minimum absolute atomic E-state index is 0.0289. The topological polar surface area (TPSA) is 92.2 Å². The van der Waals surface area contributed by atoms with Crippen molar-refractivity contribution in [3.63, 3.8) is 0 Å². The average molecular weight is 359 g/mol. The van der Waals surface area contributed by atoms with Gasteiger partial charge in [0, 0.05) is 23.5 Å². The van der Waals surface area contributed by atoms with Crippen molar-refractivity contribution in [2.24, 2.45) is 0 Å². The molecule has 132 valence electrons. The Hall–Kier alpha value is -2.41. The van der Waals surface area contributed by atoms with E-state index in [4.69, 9.17) is 5.11 Å². The molecule has 1 amide bonds. The Morgan fingerprint density at radius 2 is 1.72 bits per heavy atom. The number of nitrogens with zero attached hydrogens (tertiary/aromatic N) is 2. The molecule has 0 aliphatic rings. The minimum atomic E-state index is -0.878. The van der Waals surface area contributed by atoms with Gasteiger partial charge in [-0.3, -0.25) is 9.59 Å². The molecule has 1 heterocycles. The molecule has 1 aromatic heterocycles. The number of carboxylic acids is 1. The van der Waals surface area contributed by atoms with Crippen LogP contribution < -0.4 is 5.32 Å². The number of carbonyl (C=O) groups is 2.